The van der Waals surface area contributed by atoms with E-state index in [1.807, 2.05) is 6.07 Å². The molecule has 0 bridgehead atoms. The molecule has 0 aliphatic carbocycles. The van der Waals surface area contributed by atoms with Crippen LogP contribution in [0.4, 0.5) is 0 Å². The molecule has 0 radical (unpaired) electrons. The molecular weight excluding hydrogens is 322 g/mol. The lowest BCUT2D eigenvalue weighted by atomic mass is 10.2. The quantitative estimate of drug-likeness (QED) is 0.792. The van der Waals surface area contributed by atoms with Crippen molar-refractivity contribution in [2.24, 2.45) is 0 Å². The van der Waals surface area contributed by atoms with Gasteiger partial charge in [-0.15, -0.1) is 0 Å². The van der Waals surface area contributed by atoms with Gasteiger partial charge in [-0.3, -0.25) is 9.59 Å². The summed E-state index contributed by atoms with van der Waals surface area (Å²) in [5.41, 5.74) is 0.569. The lowest BCUT2D eigenvalue weighted by Crippen LogP contribution is -2.40. The van der Waals surface area contributed by atoms with E-state index < -0.39 is 5.91 Å². The topological polar surface area (TPSA) is 83.8 Å². The third kappa shape index (κ3) is 4.51. The molecule has 134 valence electrons. The first-order valence-corrected chi connectivity index (χ1v) is 8.50. The fraction of sp³-hybridized carbons (Fsp3) is 0.444. The van der Waals surface area contributed by atoms with Gasteiger partial charge in [0.05, 0.1) is 13.7 Å². The standard InChI is InChI=1S/C18H23N3O4/c1-24-14-5-4-13-10-16(25-15(13)11-14)18(23)20-12-17(22)19-6-9-21-7-2-3-8-21/h4-5,10-11H,2-3,6-9,12H2,1H3,(H,19,22)(H,20,23). The Hall–Kier alpha value is -2.54. The zero-order chi connectivity index (χ0) is 17.6. The predicted molar refractivity (Wildman–Crippen MR) is 93.8 cm³/mol. The van der Waals surface area contributed by atoms with Crippen molar-refractivity contribution in [2.75, 3.05) is 39.8 Å². The van der Waals surface area contributed by atoms with Crippen LogP contribution in [0.15, 0.2) is 28.7 Å². The number of methoxy groups -OCH3 is 1. The fourth-order valence-corrected chi connectivity index (χ4v) is 2.92. The van der Waals surface area contributed by atoms with Gasteiger partial charge in [-0.05, 0) is 44.1 Å². The van der Waals surface area contributed by atoms with Crippen molar-refractivity contribution in [1.82, 2.24) is 15.5 Å². The molecule has 0 saturated carbocycles. The summed E-state index contributed by atoms with van der Waals surface area (Å²) in [6.45, 7) is 3.58. The normalized spacial score (nSPS) is 14.6. The minimum absolute atomic E-state index is 0.0702. The van der Waals surface area contributed by atoms with Gasteiger partial charge in [0.15, 0.2) is 5.76 Å². The van der Waals surface area contributed by atoms with E-state index >= 15 is 0 Å². The van der Waals surface area contributed by atoms with Crippen LogP contribution in [0.3, 0.4) is 0 Å². The van der Waals surface area contributed by atoms with E-state index in [0.717, 1.165) is 25.0 Å². The molecule has 7 heteroatoms. The van der Waals surface area contributed by atoms with E-state index in [0.29, 0.717) is 17.9 Å². The lowest BCUT2D eigenvalue weighted by molar-refractivity contribution is -0.120. The van der Waals surface area contributed by atoms with Gasteiger partial charge in [0.25, 0.3) is 5.91 Å². The summed E-state index contributed by atoms with van der Waals surface area (Å²) in [6.07, 6.45) is 2.46. The molecule has 2 amide bonds. The van der Waals surface area contributed by atoms with Crippen molar-refractivity contribution in [2.45, 2.75) is 12.8 Å². The van der Waals surface area contributed by atoms with E-state index in [9.17, 15) is 9.59 Å². The molecule has 0 unspecified atom stereocenters. The summed E-state index contributed by atoms with van der Waals surface area (Å²) < 4.78 is 10.7. The van der Waals surface area contributed by atoms with Crippen LogP contribution in [0, 0.1) is 0 Å². The molecule has 1 aromatic carbocycles. The SMILES string of the molecule is COc1ccc2cc(C(=O)NCC(=O)NCCN3CCCC3)oc2c1. The number of fused-ring (bicyclic) bond motifs is 1. The van der Waals surface area contributed by atoms with Crippen molar-refractivity contribution in [3.05, 3.63) is 30.0 Å². The Bertz CT molecular complexity index is 750. The van der Waals surface area contributed by atoms with E-state index in [2.05, 4.69) is 15.5 Å². The first kappa shape index (κ1) is 17.3. The molecule has 7 nitrogen and oxygen atoms in total. The summed E-state index contributed by atoms with van der Waals surface area (Å²) in [5.74, 6) is 0.217. The van der Waals surface area contributed by atoms with Crippen LogP contribution in [0.1, 0.15) is 23.4 Å². The number of amides is 2. The predicted octanol–water partition coefficient (Wildman–Crippen LogP) is 1.38. The number of likely N-dealkylation sites (tertiary alicyclic amines) is 1. The largest absolute Gasteiger partial charge is 0.497 e. The highest BCUT2D eigenvalue weighted by molar-refractivity contribution is 5.97. The molecule has 2 heterocycles. The molecule has 1 aliphatic rings. The Morgan fingerprint density at radius 3 is 2.76 bits per heavy atom. The third-order valence-electron chi connectivity index (χ3n) is 4.31. The Balaban J connectivity index is 1.46. The van der Waals surface area contributed by atoms with Crippen LogP contribution >= 0.6 is 0 Å². The zero-order valence-corrected chi connectivity index (χ0v) is 14.3. The van der Waals surface area contributed by atoms with Crippen LogP contribution in [-0.4, -0.2) is 56.5 Å². The molecule has 1 aromatic heterocycles. The third-order valence-corrected chi connectivity index (χ3v) is 4.31. The monoisotopic (exact) mass is 345 g/mol. The highest BCUT2D eigenvalue weighted by Crippen LogP contribution is 2.24. The van der Waals surface area contributed by atoms with E-state index in [1.54, 1.807) is 25.3 Å². The molecule has 0 atom stereocenters. The van der Waals surface area contributed by atoms with Gasteiger partial charge >= 0.3 is 0 Å². The summed E-state index contributed by atoms with van der Waals surface area (Å²) in [7, 11) is 1.57. The van der Waals surface area contributed by atoms with Crippen LogP contribution in [-0.2, 0) is 4.79 Å². The van der Waals surface area contributed by atoms with Crippen molar-refractivity contribution < 1.29 is 18.7 Å². The number of benzene rings is 1. The van der Waals surface area contributed by atoms with Gasteiger partial charge in [0.2, 0.25) is 5.91 Å². The molecule has 3 rings (SSSR count). The van der Waals surface area contributed by atoms with Gasteiger partial charge in [-0.25, -0.2) is 0 Å². The Kier molecular flexibility index (Phi) is 5.55. The highest BCUT2D eigenvalue weighted by Gasteiger charge is 2.14. The minimum Gasteiger partial charge on any atom is -0.497 e. The van der Waals surface area contributed by atoms with Crippen molar-refractivity contribution in [3.63, 3.8) is 0 Å². The second-order valence-electron chi connectivity index (χ2n) is 6.10. The number of nitrogens with one attached hydrogen (secondary N) is 2. The highest BCUT2D eigenvalue weighted by atomic mass is 16.5. The number of carbonyl (C=O) groups is 2. The number of rotatable bonds is 7. The molecule has 0 spiro atoms. The lowest BCUT2D eigenvalue weighted by Gasteiger charge is -2.14. The summed E-state index contributed by atoms with van der Waals surface area (Å²) in [4.78, 5) is 26.3. The number of hydrogen-bond acceptors (Lipinski definition) is 5. The first-order valence-electron chi connectivity index (χ1n) is 8.50. The fourth-order valence-electron chi connectivity index (χ4n) is 2.92. The molecule has 2 aromatic rings. The van der Waals surface area contributed by atoms with E-state index in [1.165, 1.54) is 12.8 Å². The van der Waals surface area contributed by atoms with Crippen molar-refractivity contribution in [1.29, 1.82) is 0 Å². The maximum atomic E-state index is 12.1. The van der Waals surface area contributed by atoms with Gasteiger partial charge in [0, 0.05) is 24.5 Å². The molecule has 1 fully saturated rings. The average molecular weight is 345 g/mol. The molecule has 1 saturated heterocycles. The molecule has 1 aliphatic heterocycles. The van der Waals surface area contributed by atoms with Gasteiger partial charge in [0.1, 0.15) is 11.3 Å². The van der Waals surface area contributed by atoms with Crippen LogP contribution < -0.4 is 15.4 Å². The molecule has 2 N–H and O–H groups in total. The van der Waals surface area contributed by atoms with E-state index in [4.69, 9.17) is 9.15 Å². The number of carbonyl (C=O) groups excluding carboxylic acids is 2. The second-order valence-corrected chi connectivity index (χ2v) is 6.10. The smallest absolute Gasteiger partial charge is 0.287 e. The Morgan fingerprint density at radius 1 is 1.20 bits per heavy atom. The summed E-state index contributed by atoms with van der Waals surface area (Å²) >= 11 is 0. The van der Waals surface area contributed by atoms with Crippen molar-refractivity contribution >= 4 is 22.8 Å². The number of hydrogen-bond donors (Lipinski definition) is 2. The minimum atomic E-state index is -0.412. The van der Waals surface area contributed by atoms with E-state index in [-0.39, 0.29) is 18.2 Å². The van der Waals surface area contributed by atoms with Crippen LogP contribution in [0.5, 0.6) is 5.75 Å². The first-order chi connectivity index (χ1) is 12.2. The summed E-state index contributed by atoms with van der Waals surface area (Å²) in [6, 6.07) is 6.99. The Labute approximate surface area is 146 Å². The number of ether oxygens (including phenoxy) is 1. The maximum absolute atomic E-state index is 12.1. The Morgan fingerprint density at radius 2 is 2.00 bits per heavy atom. The average Bonchev–Trinajstić information content (AvgIpc) is 3.28. The number of furan rings is 1. The van der Waals surface area contributed by atoms with Crippen LogP contribution in [0.25, 0.3) is 11.0 Å². The molecular formula is C18H23N3O4. The van der Waals surface area contributed by atoms with Crippen LogP contribution in [0.2, 0.25) is 0 Å². The zero-order valence-electron chi connectivity index (χ0n) is 14.3. The summed E-state index contributed by atoms with van der Waals surface area (Å²) in [5, 5.41) is 6.20. The maximum Gasteiger partial charge on any atom is 0.287 e. The number of nitrogens with zero attached hydrogens (tertiary/aromatic N) is 1. The van der Waals surface area contributed by atoms with Crippen molar-refractivity contribution in [3.8, 4) is 5.75 Å². The molecule has 25 heavy (non-hydrogen) atoms. The second kappa shape index (κ2) is 8.02. The van der Waals surface area contributed by atoms with Gasteiger partial charge in [-0.1, -0.05) is 0 Å². The van der Waals surface area contributed by atoms with Gasteiger partial charge < -0.3 is 24.7 Å². The van der Waals surface area contributed by atoms with Gasteiger partial charge in [-0.2, -0.15) is 0 Å².